The molecule has 1 amide bonds. The average molecular weight is 369 g/mol. The van der Waals surface area contributed by atoms with E-state index in [1.54, 1.807) is 19.1 Å². The number of rotatable bonds is 5. The zero-order valence-corrected chi connectivity index (χ0v) is 14.4. The van der Waals surface area contributed by atoms with Crippen LogP contribution in [0.15, 0.2) is 42.6 Å². The van der Waals surface area contributed by atoms with E-state index < -0.39 is 11.9 Å². The average Bonchev–Trinajstić information content (AvgIpc) is 2.66. The Morgan fingerprint density at radius 3 is 2.63 bits per heavy atom. The van der Waals surface area contributed by atoms with Crippen molar-refractivity contribution in [1.29, 1.82) is 0 Å². The van der Waals surface area contributed by atoms with Crippen molar-refractivity contribution in [3.8, 4) is 17.0 Å². The predicted octanol–water partition coefficient (Wildman–Crippen LogP) is 2.43. The van der Waals surface area contributed by atoms with Crippen LogP contribution in [-0.2, 0) is 9.53 Å². The molecule has 3 rings (SSSR count). The molecule has 3 aromatic rings. The molecular formula is C19H16FN3O4. The molecule has 138 valence electrons. The van der Waals surface area contributed by atoms with Crippen LogP contribution in [0.4, 0.5) is 4.39 Å². The largest absolute Gasteiger partial charge is 0.507 e. The van der Waals surface area contributed by atoms with E-state index in [9.17, 15) is 19.1 Å². The van der Waals surface area contributed by atoms with E-state index in [0.717, 1.165) is 0 Å². The summed E-state index contributed by atoms with van der Waals surface area (Å²) in [6.07, 6.45) is 1.43. The Hall–Kier alpha value is -3.55. The van der Waals surface area contributed by atoms with Gasteiger partial charge in [-0.2, -0.15) is 0 Å². The molecule has 0 saturated carbocycles. The molecule has 2 N–H and O–H groups in total. The van der Waals surface area contributed by atoms with E-state index in [1.807, 2.05) is 0 Å². The van der Waals surface area contributed by atoms with Crippen molar-refractivity contribution in [2.45, 2.75) is 6.92 Å². The van der Waals surface area contributed by atoms with Crippen LogP contribution in [0.25, 0.3) is 22.3 Å². The number of carbonyl (C=O) groups excluding carboxylic acids is 2. The van der Waals surface area contributed by atoms with Gasteiger partial charge in [0.1, 0.15) is 29.2 Å². The van der Waals surface area contributed by atoms with E-state index in [4.69, 9.17) is 4.74 Å². The number of nitrogens with zero attached hydrogens (tertiary/aromatic N) is 2. The Bertz CT molecular complexity index is 1010. The molecule has 1 heterocycles. The van der Waals surface area contributed by atoms with Gasteiger partial charge in [0.25, 0.3) is 5.91 Å². The Balaban J connectivity index is 1.94. The van der Waals surface area contributed by atoms with E-state index in [1.165, 1.54) is 30.5 Å². The second kappa shape index (κ2) is 7.77. The lowest BCUT2D eigenvalue weighted by atomic mass is 10.1. The molecule has 0 fully saturated rings. The molecule has 1 aromatic heterocycles. The summed E-state index contributed by atoms with van der Waals surface area (Å²) in [5, 5.41) is 12.5. The summed E-state index contributed by atoms with van der Waals surface area (Å²) in [6, 6.07) is 8.60. The number of nitrogens with one attached hydrogen (secondary N) is 1. The minimum absolute atomic E-state index is 0.0880. The molecular weight excluding hydrogens is 353 g/mol. The predicted molar refractivity (Wildman–Crippen MR) is 95.6 cm³/mol. The third-order valence-corrected chi connectivity index (χ3v) is 3.76. The van der Waals surface area contributed by atoms with Crippen molar-refractivity contribution in [1.82, 2.24) is 15.3 Å². The van der Waals surface area contributed by atoms with Gasteiger partial charge in [-0.1, -0.05) is 0 Å². The van der Waals surface area contributed by atoms with Gasteiger partial charge >= 0.3 is 5.97 Å². The van der Waals surface area contributed by atoms with Crippen LogP contribution in [0, 0.1) is 5.82 Å². The summed E-state index contributed by atoms with van der Waals surface area (Å²) in [5.74, 6) is -1.91. The summed E-state index contributed by atoms with van der Waals surface area (Å²) in [6.45, 7) is 1.53. The first-order chi connectivity index (χ1) is 13.0. The molecule has 0 bridgehead atoms. The number of aromatic hydroxyl groups is 1. The summed E-state index contributed by atoms with van der Waals surface area (Å²) in [5.41, 5.74) is 1.62. The Labute approximate surface area is 153 Å². The fraction of sp³-hybridized carbons (Fsp3) is 0.158. The molecule has 0 unspecified atom stereocenters. The number of carbonyl (C=O) groups is 2. The van der Waals surface area contributed by atoms with Gasteiger partial charge in [0.15, 0.2) is 0 Å². The third kappa shape index (κ3) is 4.00. The number of esters is 1. The smallest absolute Gasteiger partial charge is 0.325 e. The fourth-order valence-corrected chi connectivity index (χ4v) is 2.51. The van der Waals surface area contributed by atoms with Crippen LogP contribution < -0.4 is 5.32 Å². The molecule has 27 heavy (non-hydrogen) atoms. The van der Waals surface area contributed by atoms with Gasteiger partial charge in [-0.3, -0.25) is 14.6 Å². The first-order valence-corrected chi connectivity index (χ1v) is 8.18. The monoisotopic (exact) mass is 369 g/mol. The van der Waals surface area contributed by atoms with E-state index >= 15 is 0 Å². The van der Waals surface area contributed by atoms with Crippen LogP contribution in [0.3, 0.4) is 0 Å². The number of hydrogen-bond acceptors (Lipinski definition) is 6. The lowest BCUT2D eigenvalue weighted by Crippen LogP contribution is -2.31. The summed E-state index contributed by atoms with van der Waals surface area (Å²) >= 11 is 0. The van der Waals surface area contributed by atoms with Gasteiger partial charge < -0.3 is 15.2 Å². The van der Waals surface area contributed by atoms with Gasteiger partial charge in [-0.25, -0.2) is 9.37 Å². The lowest BCUT2D eigenvalue weighted by molar-refractivity contribution is -0.141. The summed E-state index contributed by atoms with van der Waals surface area (Å²) < 4.78 is 17.8. The summed E-state index contributed by atoms with van der Waals surface area (Å²) in [4.78, 5) is 32.4. The number of benzene rings is 2. The lowest BCUT2D eigenvalue weighted by Gasteiger charge is -2.10. The molecule has 0 spiro atoms. The highest BCUT2D eigenvalue weighted by atomic mass is 19.1. The molecule has 7 nitrogen and oxygen atoms in total. The quantitative estimate of drug-likeness (QED) is 0.670. The van der Waals surface area contributed by atoms with Gasteiger partial charge in [-0.15, -0.1) is 0 Å². The number of aromatic nitrogens is 2. The highest BCUT2D eigenvalue weighted by Gasteiger charge is 2.18. The maximum absolute atomic E-state index is 13.1. The van der Waals surface area contributed by atoms with Crippen molar-refractivity contribution < 1.29 is 23.8 Å². The number of phenols is 1. The first-order valence-electron chi connectivity index (χ1n) is 8.18. The zero-order valence-electron chi connectivity index (χ0n) is 14.4. The van der Waals surface area contributed by atoms with Crippen LogP contribution in [-0.4, -0.2) is 40.1 Å². The highest BCUT2D eigenvalue weighted by molar-refractivity contribution is 6.08. The maximum Gasteiger partial charge on any atom is 0.325 e. The van der Waals surface area contributed by atoms with Crippen molar-refractivity contribution in [3.63, 3.8) is 0 Å². The number of ether oxygens (including phenoxy) is 1. The Morgan fingerprint density at radius 1 is 1.19 bits per heavy atom. The van der Waals surface area contributed by atoms with Crippen LogP contribution in [0.2, 0.25) is 0 Å². The standard InChI is InChI=1S/C19H16FN3O4/c1-2-27-16(25)10-22-19(26)17-15(24)8-7-13-18(17)21-9-14(23-13)11-3-5-12(20)6-4-11/h3-9,24H,2,10H2,1H3,(H,22,26). The van der Waals surface area contributed by atoms with Crippen molar-refractivity contribution >= 4 is 22.9 Å². The molecule has 0 atom stereocenters. The molecule has 0 radical (unpaired) electrons. The first kappa shape index (κ1) is 18.2. The third-order valence-electron chi connectivity index (χ3n) is 3.76. The molecule has 0 aliphatic rings. The summed E-state index contributed by atoms with van der Waals surface area (Å²) in [7, 11) is 0. The fourth-order valence-electron chi connectivity index (χ4n) is 2.51. The minimum atomic E-state index is -0.671. The second-order valence-corrected chi connectivity index (χ2v) is 5.58. The van der Waals surface area contributed by atoms with Gasteiger partial charge in [0.2, 0.25) is 0 Å². The van der Waals surface area contributed by atoms with Crippen molar-refractivity contribution in [3.05, 3.63) is 54.0 Å². The SMILES string of the molecule is CCOC(=O)CNC(=O)c1c(O)ccc2nc(-c3ccc(F)cc3)cnc12. The number of phenolic OH excluding ortho intramolecular Hbond substituents is 1. The van der Waals surface area contributed by atoms with E-state index in [2.05, 4.69) is 15.3 Å². The van der Waals surface area contributed by atoms with E-state index in [-0.39, 0.29) is 35.8 Å². The van der Waals surface area contributed by atoms with Gasteiger partial charge in [0.05, 0.1) is 24.0 Å². The maximum atomic E-state index is 13.1. The molecule has 0 saturated heterocycles. The Kier molecular flexibility index (Phi) is 5.25. The van der Waals surface area contributed by atoms with Crippen LogP contribution in [0.5, 0.6) is 5.75 Å². The topological polar surface area (TPSA) is 101 Å². The van der Waals surface area contributed by atoms with Crippen molar-refractivity contribution in [2.75, 3.05) is 13.2 Å². The molecule has 8 heteroatoms. The normalized spacial score (nSPS) is 10.6. The Morgan fingerprint density at radius 2 is 1.93 bits per heavy atom. The molecule has 0 aliphatic heterocycles. The zero-order chi connectivity index (χ0) is 19.4. The molecule has 0 aliphatic carbocycles. The minimum Gasteiger partial charge on any atom is -0.507 e. The van der Waals surface area contributed by atoms with Gasteiger partial charge in [0, 0.05) is 5.56 Å². The van der Waals surface area contributed by atoms with Crippen LogP contribution in [0.1, 0.15) is 17.3 Å². The number of halogens is 1. The molecule has 2 aromatic carbocycles. The highest BCUT2D eigenvalue weighted by Crippen LogP contribution is 2.27. The number of hydrogen-bond donors (Lipinski definition) is 2. The number of amides is 1. The van der Waals surface area contributed by atoms with Crippen LogP contribution >= 0.6 is 0 Å². The number of fused-ring (bicyclic) bond motifs is 1. The van der Waals surface area contributed by atoms with Crippen molar-refractivity contribution in [2.24, 2.45) is 0 Å². The second-order valence-electron chi connectivity index (χ2n) is 5.58. The van der Waals surface area contributed by atoms with Gasteiger partial charge in [-0.05, 0) is 43.3 Å². The van der Waals surface area contributed by atoms with E-state index in [0.29, 0.717) is 16.8 Å².